The summed E-state index contributed by atoms with van der Waals surface area (Å²) in [5, 5.41) is 6.86. The van der Waals surface area contributed by atoms with Gasteiger partial charge in [0, 0.05) is 5.69 Å². The molecular weight excluding hydrogens is 358 g/mol. The zero-order valence-corrected chi connectivity index (χ0v) is 15.1. The molecule has 1 N–H and O–H groups in total. The van der Waals surface area contributed by atoms with Crippen molar-refractivity contribution in [3.63, 3.8) is 0 Å². The Morgan fingerprint density at radius 1 is 1.07 bits per heavy atom. The van der Waals surface area contributed by atoms with E-state index in [4.69, 9.17) is 13.7 Å². The predicted octanol–water partition coefficient (Wildman–Crippen LogP) is 4.18. The minimum absolute atomic E-state index is 0.258. The second-order valence-electron chi connectivity index (χ2n) is 5.98. The normalized spacial score (nSPS) is 10.6. The topological polar surface area (TPSA) is 90.4 Å². The number of furan rings is 1. The zero-order valence-electron chi connectivity index (χ0n) is 15.1. The molecule has 0 aliphatic heterocycles. The van der Waals surface area contributed by atoms with Crippen molar-refractivity contribution >= 4 is 11.6 Å². The van der Waals surface area contributed by atoms with Gasteiger partial charge in [0.05, 0.1) is 25.4 Å². The van der Waals surface area contributed by atoms with E-state index in [0.29, 0.717) is 40.9 Å². The monoisotopic (exact) mass is 375 g/mol. The lowest BCUT2D eigenvalue weighted by molar-refractivity contribution is 0.102. The molecule has 4 rings (SSSR count). The van der Waals surface area contributed by atoms with Crippen LogP contribution in [0.3, 0.4) is 0 Å². The van der Waals surface area contributed by atoms with Gasteiger partial charge in [-0.3, -0.25) is 4.79 Å². The molecule has 0 bridgehead atoms. The minimum atomic E-state index is -0.258. The molecule has 0 radical (unpaired) electrons. The molecular formula is C21H17N3O4. The maximum absolute atomic E-state index is 12.7. The van der Waals surface area contributed by atoms with E-state index < -0.39 is 0 Å². The molecule has 0 spiro atoms. The van der Waals surface area contributed by atoms with Gasteiger partial charge in [-0.05, 0) is 35.9 Å². The number of methoxy groups -OCH3 is 1. The first-order valence-corrected chi connectivity index (χ1v) is 8.63. The van der Waals surface area contributed by atoms with Gasteiger partial charge in [0.1, 0.15) is 5.75 Å². The Bertz CT molecular complexity index is 1090. The summed E-state index contributed by atoms with van der Waals surface area (Å²) in [6.45, 7) is 0. The van der Waals surface area contributed by atoms with Crippen molar-refractivity contribution in [2.24, 2.45) is 0 Å². The maximum Gasteiger partial charge on any atom is 0.259 e. The van der Waals surface area contributed by atoms with Crippen LogP contribution in [-0.4, -0.2) is 23.2 Å². The Labute approximate surface area is 161 Å². The molecule has 0 unspecified atom stereocenters. The first kappa shape index (κ1) is 17.5. The van der Waals surface area contributed by atoms with E-state index in [9.17, 15) is 4.79 Å². The summed E-state index contributed by atoms with van der Waals surface area (Å²) in [7, 11) is 1.53. The van der Waals surface area contributed by atoms with Crippen LogP contribution in [0, 0.1) is 0 Å². The van der Waals surface area contributed by atoms with Crippen molar-refractivity contribution < 1.29 is 18.5 Å². The van der Waals surface area contributed by atoms with Gasteiger partial charge in [-0.15, -0.1) is 0 Å². The molecule has 7 heteroatoms. The Hall–Kier alpha value is -3.87. The van der Waals surface area contributed by atoms with Crippen molar-refractivity contribution in [2.75, 3.05) is 12.4 Å². The lowest BCUT2D eigenvalue weighted by Gasteiger charge is -2.12. The number of anilines is 1. The van der Waals surface area contributed by atoms with E-state index in [2.05, 4.69) is 15.5 Å². The Balaban J connectivity index is 1.55. The van der Waals surface area contributed by atoms with Gasteiger partial charge < -0.3 is 19.0 Å². The van der Waals surface area contributed by atoms with Crippen LogP contribution in [0.25, 0.3) is 11.6 Å². The van der Waals surface area contributed by atoms with Crippen molar-refractivity contribution in [2.45, 2.75) is 6.42 Å². The number of para-hydroxylation sites is 2. The van der Waals surface area contributed by atoms with E-state index in [-0.39, 0.29) is 5.91 Å². The number of hydrogen-bond donors (Lipinski definition) is 1. The van der Waals surface area contributed by atoms with Crippen LogP contribution in [0.5, 0.6) is 5.75 Å². The van der Waals surface area contributed by atoms with Crippen LogP contribution in [-0.2, 0) is 6.42 Å². The fourth-order valence-electron chi connectivity index (χ4n) is 2.81. The van der Waals surface area contributed by atoms with Gasteiger partial charge in [-0.25, -0.2) is 0 Å². The Morgan fingerprint density at radius 3 is 2.71 bits per heavy atom. The summed E-state index contributed by atoms with van der Waals surface area (Å²) < 4.78 is 15.9. The number of ether oxygens (including phenoxy) is 1. The molecule has 0 atom stereocenters. The molecule has 28 heavy (non-hydrogen) atoms. The highest BCUT2D eigenvalue weighted by molar-refractivity contribution is 6.06. The molecule has 2 aromatic heterocycles. The number of nitrogens with one attached hydrogen (secondary N) is 1. The summed E-state index contributed by atoms with van der Waals surface area (Å²) in [4.78, 5) is 17.1. The molecule has 0 fully saturated rings. The quantitative estimate of drug-likeness (QED) is 0.544. The fraction of sp³-hybridized carbons (Fsp3) is 0.0952. The van der Waals surface area contributed by atoms with Gasteiger partial charge in [0.25, 0.3) is 5.91 Å². The first-order chi connectivity index (χ1) is 13.7. The number of hydrogen-bond acceptors (Lipinski definition) is 6. The number of carbonyl (C=O) groups is 1. The van der Waals surface area contributed by atoms with Gasteiger partial charge in [0.2, 0.25) is 11.7 Å². The van der Waals surface area contributed by atoms with Crippen molar-refractivity contribution in [1.29, 1.82) is 0 Å². The molecule has 2 aromatic carbocycles. The largest absolute Gasteiger partial charge is 0.496 e. The average Bonchev–Trinajstić information content (AvgIpc) is 3.41. The number of nitrogens with zero attached hydrogens (tertiary/aromatic N) is 2. The lowest BCUT2D eigenvalue weighted by Crippen LogP contribution is -2.14. The number of rotatable bonds is 6. The minimum Gasteiger partial charge on any atom is -0.496 e. The Kier molecular flexibility index (Phi) is 4.88. The molecule has 0 aliphatic carbocycles. The Morgan fingerprint density at radius 2 is 1.89 bits per heavy atom. The van der Waals surface area contributed by atoms with E-state index in [0.717, 1.165) is 5.56 Å². The average molecular weight is 375 g/mol. The van der Waals surface area contributed by atoms with Gasteiger partial charge in [-0.1, -0.05) is 35.5 Å². The van der Waals surface area contributed by atoms with Gasteiger partial charge >= 0.3 is 0 Å². The number of amides is 1. The SMILES string of the molecule is COc1ccccc1C(=O)Nc1ccccc1Cc1nc(-c2ccco2)no1. The summed E-state index contributed by atoms with van der Waals surface area (Å²) in [6.07, 6.45) is 1.92. The van der Waals surface area contributed by atoms with E-state index >= 15 is 0 Å². The van der Waals surface area contributed by atoms with Crippen molar-refractivity contribution in [3.8, 4) is 17.3 Å². The van der Waals surface area contributed by atoms with E-state index in [1.54, 1.807) is 36.6 Å². The molecule has 1 amide bonds. The highest BCUT2D eigenvalue weighted by Gasteiger charge is 2.16. The van der Waals surface area contributed by atoms with Crippen LogP contribution in [0.15, 0.2) is 75.9 Å². The lowest BCUT2D eigenvalue weighted by atomic mass is 10.1. The van der Waals surface area contributed by atoms with Gasteiger partial charge in [-0.2, -0.15) is 4.98 Å². The number of benzene rings is 2. The molecule has 0 saturated carbocycles. The van der Waals surface area contributed by atoms with Crippen LogP contribution >= 0.6 is 0 Å². The van der Waals surface area contributed by atoms with Crippen molar-refractivity contribution in [1.82, 2.24) is 10.1 Å². The maximum atomic E-state index is 12.7. The molecule has 0 saturated heterocycles. The highest BCUT2D eigenvalue weighted by Crippen LogP contribution is 2.23. The van der Waals surface area contributed by atoms with Crippen molar-refractivity contribution in [3.05, 3.63) is 83.9 Å². The van der Waals surface area contributed by atoms with Crippen LogP contribution in [0.4, 0.5) is 5.69 Å². The summed E-state index contributed by atoms with van der Waals surface area (Å²) in [6, 6.07) is 18.0. The van der Waals surface area contributed by atoms with E-state index in [1.807, 2.05) is 30.3 Å². The predicted molar refractivity (Wildman–Crippen MR) is 102 cm³/mol. The molecule has 7 nitrogen and oxygen atoms in total. The standard InChI is InChI=1S/C21H17N3O4/c1-26-17-10-5-3-8-15(17)21(25)22-16-9-4-2-7-14(16)13-19-23-20(24-28-19)18-11-6-12-27-18/h2-12H,13H2,1H3,(H,22,25). The molecule has 4 aromatic rings. The number of carbonyl (C=O) groups excluding carboxylic acids is 1. The van der Waals surface area contributed by atoms with Gasteiger partial charge in [0.15, 0.2) is 5.76 Å². The third-order valence-electron chi connectivity index (χ3n) is 4.17. The number of aromatic nitrogens is 2. The second kappa shape index (κ2) is 7.79. The molecule has 2 heterocycles. The zero-order chi connectivity index (χ0) is 19.3. The third kappa shape index (κ3) is 3.64. The summed E-state index contributed by atoms with van der Waals surface area (Å²) in [5.74, 6) is 1.60. The van der Waals surface area contributed by atoms with Crippen LogP contribution in [0.1, 0.15) is 21.8 Å². The fourth-order valence-corrected chi connectivity index (χ4v) is 2.81. The third-order valence-corrected chi connectivity index (χ3v) is 4.17. The molecule has 0 aliphatic rings. The summed E-state index contributed by atoms with van der Waals surface area (Å²) >= 11 is 0. The molecule has 140 valence electrons. The second-order valence-corrected chi connectivity index (χ2v) is 5.98. The van der Waals surface area contributed by atoms with Crippen LogP contribution < -0.4 is 10.1 Å². The summed E-state index contributed by atoms with van der Waals surface area (Å²) in [5.41, 5.74) is 1.97. The highest BCUT2D eigenvalue weighted by atomic mass is 16.5. The smallest absolute Gasteiger partial charge is 0.259 e. The van der Waals surface area contributed by atoms with E-state index in [1.165, 1.54) is 7.11 Å². The first-order valence-electron chi connectivity index (χ1n) is 8.63. The van der Waals surface area contributed by atoms with Crippen LogP contribution in [0.2, 0.25) is 0 Å².